The number of anilines is 1. The number of amides is 1. The molecule has 1 saturated heterocycles. The summed E-state index contributed by atoms with van der Waals surface area (Å²) in [6.45, 7) is 2.35. The van der Waals surface area contributed by atoms with Crippen molar-refractivity contribution in [1.82, 2.24) is 0 Å². The number of para-hydroxylation sites is 1. The van der Waals surface area contributed by atoms with E-state index in [-0.39, 0.29) is 11.9 Å². The number of hydrogen-bond donors (Lipinski definition) is 0. The van der Waals surface area contributed by atoms with Crippen molar-refractivity contribution in [1.29, 1.82) is 0 Å². The van der Waals surface area contributed by atoms with Gasteiger partial charge in [0.1, 0.15) is 5.41 Å². The zero-order valence-electron chi connectivity index (χ0n) is 16.5. The maximum atomic E-state index is 14.0. The minimum atomic E-state index is -1.35. The molecule has 2 heterocycles. The van der Waals surface area contributed by atoms with Crippen LogP contribution in [-0.2, 0) is 31.9 Å². The lowest BCUT2D eigenvalue weighted by atomic mass is 9.59. The van der Waals surface area contributed by atoms with Gasteiger partial charge in [0.25, 0.3) is 5.91 Å². The largest absolute Gasteiger partial charge is 0.441 e. The summed E-state index contributed by atoms with van der Waals surface area (Å²) in [5.41, 5.74) is 0.929. The van der Waals surface area contributed by atoms with E-state index in [1.54, 1.807) is 4.90 Å². The number of carbonyl (C=O) groups is 2. The number of carbonyl (C=O) groups excluding carboxylic acids is 2. The van der Waals surface area contributed by atoms with E-state index in [0.717, 1.165) is 26.9 Å². The van der Waals surface area contributed by atoms with Crippen LogP contribution in [0.25, 0.3) is 0 Å². The highest BCUT2D eigenvalue weighted by atomic mass is 79.9. The first-order chi connectivity index (χ1) is 14.6. The van der Waals surface area contributed by atoms with Crippen LogP contribution in [0.2, 0.25) is 0 Å². The highest BCUT2D eigenvalue weighted by Crippen LogP contribution is 2.63. The molecule has 5 heteroatoms. The van der Waals surface area contributed by atoms with Crippen molar-refractivity contribution < 1.29 is 14.3 Å². The Labute approximate surface area is 183 Å². The number of rotatable bonds is 4. The second kappa shape index (κ2) is 6.81. The summed E-state index contributed by atoms with van der Waals surface area (Å²) in [7, 11) is 0. The molecule has 0 aliphatic carbocycles. The Bertz CT molecular complexity index is 1150. The van der Waals surface area contributed by atoms with E-state index >= 15 is 0 Å². The van der Waals surface area contributed by atoms with Crippen LogP contribution in [0.5, 0.6) is 0 Å². The van der Waals surface area contributed by atoms with Crippen LogP contribution in [0.3, 0.4) is 0 Å². The summed E-state index contributed by atoms with van der Waals surface area (Å²) in [5.74, 6) is -0.546. The predicted molar refractivity (Wildman–Crippen MR) is 118 cm³/mol. The quantitative estimate of drug-likeness (QED) is 0.508. The van der Waals surface area contributed by atoms with Gasteiger partial charge < -0.3 is 9.64 Å². The van der Waals surface area contributed by atoms with E-state index in [0.29, 0.717) is 13.0 Å². The van der Waals surface area contributed by atoms with Crippen LogP contribution in [0.1, 0.15) is 30.0 Å². The minimum Gasteiger partial charge on any atom is -0.441 e. The first-order valence-electron chi connectivity index (χ1n) is 10.00. The zero-order chi connectivity index (χ0) is 20.9. The van der Waals surface area contributed by atoms with Crippen molar-refractivity contribution in [3.05, 3.63) is 100 Å². The molecule has 0 bridgehead atoms. The van der Waals surface area contributed by atoms with Gasteiger partial charge >= 0.3 is 5.97 Å². The van der Waals surface area contributed by atoms with Gasteiger partial charge in [-0.25, -0.2) is 0 Å². The van der Waals surface area contributed by atoms with Crippen LogP contribution < -0.4 is 4.90 Å². The molecule has 5 rings (SSSR count). The summed E-state index contributed by atoms with van der Waals surface area (Å²) in [6, 6.07) is 25.1. The highest BCUT2D eigenvalue weighted by molar-refractivity contribution is 9.10. The van der Waals surface area contributed by atoms with Crippen LogP contribution in [-0.4, -0.2) is 11.9 Å². The Balaban J connectivity index is 1.73. The molecule has 30 heavy (non-hydrogen) atoms. The van der Waals surface area contributed by atoms with Crippen molar-refractivity contribution in [3.63, 3.8) is 0 Å². The minimum absolute atomic E-state index is 0.196. The average Bonchev–Trinajstić information content (AvgIpc) is 3.01. The zero-order valence-corrected chi connectivity index (χ0v) is 18.1. The van der Waals surface area contributed by atoms with Gasteiger partial charge in [-0.3, -0.25) is 9.59 Å². The predicted octanol–water partition coefficient (Wildman–Crippen LogP) is 5.10. The van der Waals surface area contributed by atoms with E-state index < -0.39 is 11.0 Å². The number of hydrogen-bond acceptors (Lipinski definition) is 3. The third-order valence-corrected chi connectivity index (χ3v) is 7.00. The van der Waals surface area contributed by atoms with E-state index in [1.807, 2.05) is 85.8 Å². The number of ether oxygens (including phenoxy) is 1. The highest BCUT2D eigenvalue weighted by Gasteiger charge is 2.77. The van der Waals surface area contributed by atoms with Gasteiger partial charge in [-0.2, -0.15) is 0 Å². The Morgan fingerprint density at radius 2 is 1.57 bits per heavy atom. The number of nitrogens with zero attached hydrogens (tertiary/aromatic N) is 1. The van der Waals surface area contributed by atoms with Crippen LogP contribution in [0.15, 0.2) is 83.3 Å². The summed E-state index contributed by atoms with van der Waals surface area (Å²) >= 11 is 3.63. The van der Waals surface area contributed by atoms with Crippen molar-refractivity contribution >= 4 is 33.5 Å². The SMILES string of the molecule is CC[C@@]1(c2ccccc2)C(=O)O[C@]12C(=O)N(Cc1ccccc1)c1c(Br)cccc12. The molecule has 4 nitrogen and oxygen atoms in total. The Hall–Kier alpha value is -2.92. The molecule has 3 aromatic carbocycles. The van der Waals surface area contributed by atoms with Crippen molar-refractivity contribution in [3.8, 4) is 0 Å². The van der Waals surface area contributed by atoms with Gasteiger partial charge in [-0.1, -0.05) is 79.7 Å². The molecule has 0 saturated carbocycles. The maximum absolute atomic E-state index is 14.0. The smallest absolute Gasteiger partial charge is 0.323 e. The second-order valence-corrected chi connectivity index (χ2v) is 8.56. The molecule has 0 radical (unpaired) electrons. The fourth-order valence-corrected chi connectivity index (χ4v) is 5.54. The summed E-state index contributed by atoms with van der Waals surface area (Å²) in [5, 5.41) is 0. The molecule has 1 fully saturated rings. The standard InChI is InChI=1S/C25H20BrNO3/c1-2-24(18-12-7-4-8-13-18)23(29)30-25(24)19-14-9-15-20(26)21(19)27(22(25)28)16-17-10-5-3-6-11-17/h3-15H,2,16H2,1H3/t24-,25-/m1/s1. The van der Waals surface area contributed by atoms with Gasteiger partial charge in [0.2, 0.25) is 5.60 Å². The fourth-order valence-electron chi connectivity index (χ4n) is 4.96. The van der Waals surface area contributed by atoms with E-state index in [1.165, 1.54) is 0 Å². The third-order valence-electron chi connectivity index (χ3n) is 6.36. The fraction of sp³-hybridized carbons (Fsp3) is 0.200. The Kier molecular flexibility index (Phi) is 4.33. The van der Waals surface area contributed by atoms with Crippen LogP contribution >= 0.6 is 15.9 Å². The van der Waals surface area contributed by atoms with Crippen molar-refractivity contribution in [2.75, 3.05) is 4.90 Å². The molecule has 2 atom stereocenters. The van der Waals surface area contributed by atoms with Gasteiger partial charge in [-0.05, 0) is 39.5 Å². The van der Waals surface area contributed by atoms with Gasteiger partial charge in [0.15, 0.2) is 0 Å². The van der Waals surface area contributed by atoms with Crippen molar-refractivity contribution in [2.45, 2.75) is 30.9 Å². The lowest BCUT2D eigenvalue weighted by Crippen LogP contribution is -2.70. The van der Waals surface area contributed by atoms with E-state index in [4.69, 9.17) is 4.74 Å². The molecule has 0 unspecified atom stereocenters. The molecule has 2 aliphatic heterocycles. The second-order valence-electron chi connectivity index (χ2n) is 7.71. The summed E-state index contributed by atoms with van der Waals surface area (Å²) in [4.78, 5) is 28.8. The van der Waals surface area contributed by atoms with Gasteiger partial charge in [-0.15, -0.1) is 0 Å². The molecule has 1 amide bonds. The molecule has 1 spiro atoms. The Morgan fingerprint density at radius 1 is 0.900 bits per heavy atom. The normalized spacial score (nSPS) is 24.5. The molecule has 3 aromatic rings. The lowest BCUT2D eigenvalue weighted by Gasteiger charge is -2.53. The molecule has 0 aromatic heterocycles. The molecular weight excluding hydrogens is 442 g/mol. The van der Waals surface area contributed by atoms with E-state index in [9.17, 15) is 9.59 Å². The van der Waals surface area contributed by atoms with Crippen LogP contribution in [0.4, 0.5) is 5.69 Å². The van der Waals surface area contributed by atoms with Crippen LogP contribution in [0, 0.1) is 0 Å². The monoisotopic (exact) mass is 461 g/mol. The molecule has 0 N–H and O–H groups in total. The van der Waals surface area contributed by atoms with Gasteiger partial charge in [0, 0.05) is 10.0 Å². The molecule has 150 valence electrons. The third kappa shape index (κ3) is 2.27. The summed E-state index contributed by atoms with van der Waals surface area (Å²) < 4.78 is 6.67. The first-order valence-corrected chi connectivity index (χ1v) is 10.8. The summed E-state index contributed by atoms with van der Waals surface area (Å²) in [6.07, 6.45) is 0.465. The number of benzene rings is 3. The van der Waals surface area contributed by atoms with Crippen molar-refractivity contribution in [2.24, 2.45) is 0 Å². The average molecular weight is 462 g/mol. The number of fused-ring (bicyclic) bond motifs is 2. The topological polar surface area (TPSA) is 46.6 Å². The Morgan fingerprint density at radius 3 is 2.20 bits per heavy atom. The maximum Gasteiger partial charge on any atom is 0.323 e. The van der Waals surface area contributed by atoms with E-state index in [2.05, 4.69) is 15.9 Å². The van der Waals surface area contributed by atoms with Gasteiger partial charge in [0.05, 0.1) is 12.2 Å². The first kappa shape index (κ1) is 19.1. The number of esters is 1. The molecular formula is C25H20BrNO3. The molecule has 2 aliphatic rings. The number of halogens is 1. The lowest BCUT2D eigenvalue weighted by molar-refractivity contribution is -0.223.